The molecule has 1 rings (SSSR count). The van der Waals surface area contributed by atoms with Gasteiger partial charge in [-0.15, -0.1) is 0 Å². The summed E-state index contributed by atoms with van der Waals surface area (Å²) in [5, 5.41) is -1.29. The Labute approximate surface area is 148 Å². The van der Waals surface area contributed by atoms with E-state index in [1.165, 1.54) is 0 Å². The molecule has 0 saturated heterocycles. The Kier molecular flexibility index (Phi) is 6.70. The van der Waals surface area contributed by atoms with Crippen molar-refractivity contribution in [1.29, 1.82) is 0 Å². The van der Waals surface area contributed by atoms with E-state index in [4.69, 9.17) is 97.5 Å². The van der Waals surface area contributed by atoms with Crippen LogP contribution >= 0.6 is 92.8 Å². The maximum atomic E-state index is 11.5. The predicted molar refractivity (Wildman–Crippen MR) is 81.7 cm³/mol. The van der Waals surface area contributed by atoms with E-state index in [-0.39, 0.29) is 30.9 Å². The summed E-state index contributed by atoms with van der Waals surface area (Å²) in [7, 11) is 0. The van der Waals surface area contributed by atoms with E-state index in [1.807, 2.05) is 0 Å². The van der Waals surface area contributed by atoms with Crippen molar-refractivity contribution in [3.8, 4) is 5.75 Å². The molecule has 0 N–H and O–H groups in total. The predicted octanol–water partition coefficient (Wildman–Crippen LogP) is 6.74. The van der Waals surface area contributed by atoms with Crippen LogP contribution in [0.25, 0.3) is 0 Å². The number of hydrogen-bond acceptors (Lipinski definition) is 2. The molecule has 104 valence electrons. The number of rotatable bonds is 2. The molecule has 10 heteroatoms. The van der Waals surface area contributed by atoms with Gasteiger partial charge in [0.15, 0.2) is 10.8 Å². The monoisotopic (exact) mass is 420 g/mol. The topological polar surface area (TPSA) is 26.3 Å². The fraction of sp³-hybridized carbons (Fsp3) is 0. The molecule has 0 aliphatic carbocycles. The number of carbonyl (C=O) groups is 1. The summed E-state index contributed by atoms with van der Waals surface area (Å²) in [6.45, 7) is 0. The summed E-state index contributed by atoms with van der Waals surface area (Å²) >= 11 is 45.2. The highest BCUT2D eigenvalue weighted by molar-refractivity contribution is 6.62. The summed E-state index contributed by atoms with van der Waals surface area (Å²) in [6.07, 6.45) is 0. The highest BCUT2D eigenvalue weighted by atomic mass is 35.5. The molecule has 0 saturated carbocycles. The number of carbonyl (C=O) groups excluding carboxylic acids is 1. The summed E-state index contributed by atoms with van der Waals surface area (Å²) in [6, 6.07) is 0. The summed E-state index contributed by atoms with van der Waals surface area (Å²) in [5.41, 5.74) is 0. The first-order chi connectivity index (χ1) is 8.68. The zero-order valence-electron chi connectivity index (χ0n) is 8.34. The van der Waals surface area contributed by atoms with Crippen LogP contribution in [0.5, 0.6) is 5.75 Å². The van der Waals surface area contributed by atoms with Crippen LogP contribution < -0.4 is 4.74 Å². The number of halogens is 8. The third-order valence-electron chi connectivity index (χ3n) is 1.71. The van der Waals surface area contributed by atoms with E-state index < -0.39 is 15.5 Å². The normalized spacial score (nSPS) is 10.3. The van der Waals surface area contributed by atoms with Gasteiger partial charge in [0.1, 0.15) is 14.5 Å². The minimum absolute atomic E-state index is 0.0739. The SMILES string of the molecule is O=C(Oc1c(Cl)c(Cl)c(Cl)c(Cl)c1Cl)C(Cl)=C(Cl)Cl. The van der Waals surface area contributed by atoms with E-state index >= 15 is 0 Å². The maximum Gasteiger partial charge on any atom is 0.357 e. The van der Waals surface area contributed by atoms with Crippen LogP contribution in [0, 0.1) is 0 Å². The van der Waals surface area contributed by atoms with Crippen molar-refractivity contribution in [3.05, 3.63) is 34.6 Å². The summed E-state index contributed by atoms with van der Waals surface area (Å²) in [5.74, 6) is -1.39. The fourth-order valence-corrected chi connectivity index (χ4v) is 2.28. The summed E-state index contributed by atoms with van der Waals surface area (Å²) < 4.78 is 4.35. The summed E-state index contributed by atoms with van der Waals surface area (Å²) in [4.78, 5) is 11.5. The quantitative estimate of drug-likeness (QED) is 0.173. The van der Waals surface area contributed by atoms with E-state index in [9.17, 15) is 4.79 Å². The molecule has 0 aromatic heterocycles. The van der Waals surface area contributed by atoms with Crippen molar-refractivity contribution in [3.63, 3.8) is 0 Å². The molecule has 1 aromatic carbocycles. The molecule has 1 aromatic rings. The Bertz CT molecular complexity index is 547. The number of ether oxygens (including phenoxy) is 1. The second kappa shape index (κ2) is 7.15. The van der Waals surface area contributed by atoms with E-state index in [0.717, 1.165) is 0 Å². The standard InChI is InChI=1S/C9Cl8O2/c10-1-2(11)4(13)7(5(14)3(1)12)19-9(18)6(15)8(16)17. The van der Waals surface area contributed by atoms with Gasteiger partial charge < -0.3 is 4.74 Å². The van der Waals surface area contributed by atoms with Crippen molar-refractivity contribution in [2.45, 2.75) is 0 Å². The average Bonchev–Trinajstić information content (AvgIpc) is 2.37. The Morgan fingerprint density at radius 1 is 0.737 bits per heavy atom. The minimum atomic E-state index is -1.08. The van der Waals surface area contributed by atoms with Gasteiger partial charge in [0.2, 0.25) is 0 Å². The maximum absolute atomic E-state index is 11.5. The van der Waals surface area contributed by atoms with Crippen molar-refractivity contribution in [1.82, 2.24) is 0 Å². The van der Waals surface area contributed by atoms with Crippen molar-refractivity contribution in [2.75, 3.05) is 0 Å². The Morgan fingerprint density at radius 3 is 1.47 bits per heavy atom. The number of esters is 1. The van der Waals surface area contributed by atoms with Crippen LogP contribution in [-0.4, -0.2) is 5.97 Å². The Hall–Kier alpha value is 0.750. The third kappa shape index (κ3) is 3.90. The molecule has 0 aliphatic heterocycles. The first-order valence-electron chi connectivity index (χ1n) is 4.12. The van der Waals surface area contributed by atoms with Gasteiger partial charge in [-0.2, -0.15) is 0 Å². The second-order valence-corrected chi connectivity index (χ2v) is 6.08. The van der Waals surface area contributed by atoms with Crippen molar-refractivity contribution >= 4 is 98.8 Å². The van der Waals surface area contributed by atoms with Crippen LogP contribution in [0.15, 0.2) is 9.52 Å². The highest BCUT2D eigenvalue weighted by Crippen LogP contribution is 2.48. The number of benzene rings is 1. The number of hydrogen-bond donors (Lipinski definition) is 0. The van der Waals surface area contributed by atoms with Crippen molar-refractivity contribution in [2.24, 2.45) is 0 Å². The van der Waals surface area contributed by atoms with Crippen LogP contribution in [0.3, 0.4) is 0 Å². The molecule has 0 radical (unpaired) electrons. The molecule has 0 unspecified atom stereocenters. The highest BCUT2D eigenvalue weighted by Gasteiger charge is 2.24. The van der Waals surface area contributed by atoms with Crippen LogP contribution in [0.4, 0.5) is 0 Å². The fourth-order valence-electron chi connectivity index (χ4n) is 0.889. The lowest BCUT2D eigenvalue weighted by molar-refractivity contribution is -0.129. The first-order valence-corrected chi connectivity index (χ1v) is 7.15. The molecule has 0 fully saturated rings. The lowest BCUT2D eigenvalue weighted by Crippen LogP contribution is -2.09. The van der Waals surface area contributed by atoms with E-state index in [0.29, 0.717) is 0 Å². The zero-order valence-corrected chi connectivity index (χ0v) is 14.4. The van der Waals surface area contributed by atoms with Gasteiger partial charge in [0, 0.05) is 0 Å². The van der Waals surface area contributed by atoms with Gasteiger partial charge in [-0.1, -0.05) is 92.8 Å². The van der Waals surface area contributed by atoms with E-state index in [1.54, 1.807) is 0 Å². The molecule has 0 bridgehead atoms. The second-order valence-electron chi connectivity index (χ2n) is 2.86. The molecule has 2 nitrogen and oxygen atoms in total. The lowest BCUT2D eigenvalue weighted by atomic mass is 10.3. The van der Waals surface area contributed by atoms with Gasteiger partial charge in [-0.25, -0.2) is 4.79 Å². The molecular weight excluding hydrogens is 424 g/mol. The minimum Gasteiger partial charge on any atom is -0.419 e. The van der Waals surface area contributed by atoms with Gasteiger partial charge >= 0.3 is 5.97 Å². The molecular formula is C9Cl8O2. The zero-order chi connectivity index (χ0) is 14.9. The van der Waals surface area contributed by atoms with Crippen molar-refractivity contribution < 1.29 is 9.53 Å². The average molecular weight is 424 g/mol. The molecule has 19 heavy (non-hydrogen) atoms. The molecule has 0 aliphatic rings. The van der Waals surface area contributed by atoms with Crippen LogP contribution in [0.2, 0.25) is 25.1 Å². The van der Waals surface area contributed by atoms with E-state index in [2.05, 4.69) is 0 Å². The van der Waals surface area contributed by atoms with Crippen LogP contribution in [0.1, 0.15) is 0 Å². The van der Waals surface area contributed by atoms with Crippen LogP contribution in [-0.2, 0) is 4.79 Å². The van der Waals surface area contributed by atoms with Gasteiger partial charge in [0.05, 0.1) is 15.1 Å². The van der Waals surface area contributed by atoms with Gasteiger partial charge in [0.25, 0.3) is 0 Å². The molecule has 0 spiro atoms. The first kappa shape index (κ1) is 17.8. The molecule has 0 atom stereocenters. The largest absolute Gasteiger partial charge is 0.419 e. The lowest BCUT2D eigenvalue weighted by Gasteiger charge is -2.12. The van der Waals surface area contributed by atoms with Gasteiger partial charge in [-0.05, 0) is 0 Å². The molecule has 0 heterocycles. The Balaban J connectivity index is 3.31. The molecule has 0 amide bonds. The smallest absolute Gasteiger partial charge is 0.357 e. The Morgan fingerprint density at radius 2 is 1.11 bits per heavy atom. The van der Waals surface area contributed by atoms with Gasteiger partial charge in [-0.3, -0.25) is 0 Å². The third-order valence-corrected chi connectivity index (χ3v) is 4.87.